The topological polar surface area (TPSA) is 73.1 Å². The molecule has 3 aromatic rings. The third kappa shape index (κ3) is 3.84. The molecule has 3 N–H and O–H groups in total. The number of nitrogen functional groups attached to an aromatic ring is 1. The fraction of sp³-hybridized carbons (Fsp3) is 0.333. The predicted octanol–water partition coefficient (Wildman–Crippen LogP) is 4.55. The Balaban J connectivity index is 1.72. The molecule has 1 aliphatic heterocycles. The molecule has 1 saturated heterocycles. The Bertz CT molecular complexity index is 967. The van der Waals surface area contributed by atoms with Crippen molar-refractivity contribution in [2.24, 2.45) is 0 Å². The number of ether oxygens (including phenoxy) is 1. The molecule has 0 saturated carbocycles. The first kappa shape index (κ1) is 18.0. The molecule has 0 bridgehead atoms. The molecule has 142 valence electrons. The lowest BCUT2D eigenvalue weighted by atomic mass is 10.1. The van der Waals surface area contributed by atoms with Crippen molar-refractivity contribution in [3.05, 3.63) is 36.0 Å². The van der Waals surface area contributed by atoms with Crippen molar-refractivity contribution in [1.29, 1.82) is 0 Å². The standard InChI is InChI=1S/C18H17F3N4OS/c19-18(20,21)15-6-4-12(16(25-15)23-9-11-2-1-7-26-11)10-3-5-14-13(8-10)24-17(22)27-14/h3-6,8,11H,1-2,7,9H2,(H2,22,24)(H,23,25). The molecule has 9 heteroatoms. The number of halogens is 3. The molecule has 0 radical (unpaired) electrons. The van der Waals surface area contributed by atoms with Crippen LogP contribution in [0, 0.1) is 0 Å². The van der Waals surface area contributed by atoms with Crippen molar-refractivity contribution in [3.8, 4) is 11.1 Å². The number of nitrogens with one attached hydrogen (secondary N) is 1. The summed E-state index contributed by atoms with van der Waals surface area (Å²) < 4.78 is 45.8. The van der Waals surface area contributed by atoms with Gasteiger partial charge >= 0.3 is 6.18 Å². The number of hydrogen-bond acceptors (Lipinski definition) is 6. The van der Waals surface area contributed by atoms with Gasteiger partial charge in [-0.2, -0.15) is 13.2 Å². The summed E-state index contributed by atoms with van der Waals surface area (Å²) in [5.74, 6) is 0.183. The van der Waals surface area contributed by atoms with Gasteiger partial charge in [-0.05, 0) is 42.7 Å². The maximum Gasteiger partial charge on any atom is 0.433 e. The minimum Gasteiger partial charge on any atom is -0.376 e. The molecule has 1 fully saturated rings. The number of fused-ring (bicyclic) bond motifs is 1. The van der Waals surface area contributed by atoms with Gasteiger partial charge in [-0.1, -0.05) is 17.4 Å². The van der Waals surface area contributed by atoms with E-state index in [0.29, 0.717) is 29.4 Å². The number of rotatable bonds is 4. The number of benzene rings is 1. The van der Waals surface area contributed by atoms with Gasteiger partial charge in [-0.3, -0.25) is 0 Å². The molecule has 3 heterocycles. The molecule has 5 nitrogen and oxygen atoms in total. The molecule has 2 aromatic heterocycles. The van der Waals surface area contributed by atoms with Gasteiger partial charge in [-0.25, -0.2) is 9.97 Å². The molecule has 0 amide bonds. The second kappa shape index (κ2) is 6.97. The lowest BCUT2D eigenvalue weighted by molar-refractivity contribution is -0.141. The Hall–Kier alpha value is -2.39. The van der Waals surface area contributed by atoms with Gasteiger partial charge < -0.3 is 15.8 Å². The molecule has 4 rings (SSSR count). The molecular weight excluding hydrogens is 377 g/mol. The first-order valence-corrected chi connectivity index (χ1v) is 9.32. The number of aromatic nitrogens is 2. The maximum absolute atomic E-state index is 13.1. The van der Waals surface area contributed by atoms with Gasteiger partial charge in [0.1, 0.15) is 11.5 Å². The van der Waals surface area contributed by atoms with Crippen LogP contribution in [0.3, 0.4) is 0 Å². The Morgan fingerprint density at radius 3 is 2.81 bits per heavy atom. The average Bonchev–Trinajstić information content (AvgIpc) is 3.26. The van der Waals surface area contributed by atoms with Crippen LogP contribution in [0.5, 0.6) is 0 Å². The summed E-state index contributed by atoms with van der Waals surface area (Å²) >= 11 is 1.36. The zero-order chi connectivity index (χ0) is 19.0. The van der Waals surface area contributed by atoms with E-state index in [1.165, 1.54) is 17.4 Å². The highest BCUT2D eigenvalue weighted by Crippen LogP contribution is 2.35. The molecular formula is C18H17F3N4OS. The molecule has 1 aliphatic rings. The normalized spacial score (nSPS) is 17.5. The van der Waals surface area contributed by atoms with Crippen LogP contribution in [0.25, 0.3) is 21.3 Å². The first-order valence-electron chi connectivity index (χ1n) is 8.50. The first-order chi connectivity index (χ1) is 12.9. The fourth-order valence-corrected chi connectivity index (χ4v) is 3.83. The van der Waals surface area contributed by atoms with Crippen LogP contribution in [-0.4, -0.2) is 29.2 Å². The van der Waals surface area contributed by atoms with E-state index in [1.54, 1.807) is 0 Å². The number of nitrogens with two attached hydrogens (primary N) is 1. The quantitative estimate of drug-likeness (QED) is 0.679. The van der Waals surface area contributed by atoms with Crippen LogP contribution in [0.4, 0.5) is 24.1 Å². The zero-order valence-electron chi connectivity index (χ0n) is 14.2. The van der Waals surface area contributed by atoms with E-state index in [9.17, 15) is 13.2 Å². The number of alkyl halides is 3. The second-order valence-corrected chi connectivity index (χ2v) is 7.40. The van der Waals surface area contributed by atoms with Crippen LogP contribution in [-0.2, 0) is 10.9 Å². The van der Waals surface area contributed by atoms with Crippen LogP contribution in [0.1, 0.15) is 18.5 Å². The Morgan fingerprint density at radius 2 is 2.07 bits per heavy atom. The third-order valence-corrected chi connectivity index (χ3v) is 5.29. The van der Waals surface area contributed by atoms with Gasteiger partial charge in [0.15, 0.2) is 5.13 Å². The monoisotopic (exact) mass is 394 g/mol. The van der Waals surface area contributed by atoms with E-state index < -0.39 is 11.9 Å². The zero-order valence-corrected chi connectivity index (χ0v) is 15.0. The minimum absolute atomic E-state index is 0.0185. The SMILES string of the molecule is Nc1nc2cc(-c3ccc(C(F)(F)F)nc3NCC3CCCO3)ccc2s1. The van der Waals surface area contributed by atoms with Gasteiger partial charge in [-0.15, -0.1) is 0 Å². The number of pyridine rings is 1. The van der Waals surface area contributed by atoms with E-state index in [2.05, 4.69) is 15.3 Å². The number of nitrogens with zero attached hydrogens (tertiary/aromatic N) is 2. The number of hydrogen-bond donors (Lipinski definition) is 2. The van der Waals surface area contributed by atoms with Crippen molar-refractivity contribution in [3.63, 3.8) is 0 Å². The molecule has 27 heavy (non-hydrogen) atoms. The smallest absolute Gasteiger partial charge is 0.376 e. The predicted molar refractivity (Wildman–Crippen MR) is 99.7 cm³/mol. The summed E-state index contributed by atoms with van der Waals surface area (Å²) in [4.78, 5) is 8.08. The average molecular weight is 394 g/mol. The molecule has 0 aliphatic carbocycles. The van der Waals surface area contributed by atoms with E-state index in [4.69, 9.17) is 10.5 Å². The highest BCUT2D eigenvalue weighted by molar-refractivity contribution is 7.22. The lowest BCUT2D eigenvalue weighted by Gasteiger charge is -2.16. The fourth-order valence-electron chi connectivity index (χ4n) is 3.11. The van der Waals surface area contributed by atoms with E-state index >= 15 is 0 Å². The summed E-state index contributed by atoms with van der Waals surface area (Å²) in [6, 6.07) is 7.93. The minimum atomic E-state index is -4.51. The highest BCUT2D eigenvalue weighted by Gasteiger charge is 2.33. The lowest BCUT2D eigenvalue weighted by Crippen LogP contribution is -2.20. The van der Waals surface area contributed by atoms with Crippen molar-refractivity contribution in [2.75, 3.05) is 24.2 Å². The Kier molecular flexibility index (Phi) is 4.65. The van der Waals surface area contributed by atoms with E-state index in [-0.39, 0.29) is 11.9 Å². The number of thiazole rings is 1. The van der Waals surface area contributed by atoms with E-state index in [1.807, 2.05) is 18.2 Å². The summed E-state index contributed by atoms with van der Waals surface area (Å²) in [6.45, 7) is 1.09. The number of anilines is 2. The van der Waals surface area contributed by atoms with Gasteiger partial charge in [0.2, 0.25) is 0 Å². The van der Waals surface area contributed by atoms with Gasteiger partial charge in [0.25, 0.3) is 0 Å². The second-order valence-electron chi connectivity index (χ2n) is 6.34. The summed E-state index contributed by atoms with van der Waals surface area (Å²) in [5.41, 5.74) is 6.82. The van der Waals surface area contributed by atoms with Crippen LogP contribution in [0.2, 0.25) is 0 Å². The molecule has 1 aromatic carbocycles. The summed E-state index contributed by atoms with van der Waals surface area (Å²) in [6.07, 6.45) is -2.69. The third-order valence-electron chi connectivity index (χ3n) is 4.42. The van der Waals surface area contributed by atoms with Gasteiger partial charge in [0.05, 0.1) is 16.3 Å². The van der Waals surface area contributed by atoms with Gasteiger partial charge in [0, 0.05) is 18.7 Å². The van der Waals surface area contributed by atoms with Crippen molar-refractivity contribution in [1.82, 2.24) is 9.97 Å². The molecule has 0 spiro atoms. The molecule has 1 atom stereocenters. The Morgan fingerprint density at radius 1 is 1.22 bits per heavy atom. The highest BCUT2D eigenvalue weighted by atomic mass is 32.1. The van der Waals surface area contributed by atoms with Crippen molar-refractivity contribution < 1.29 is 17.9 Å². The largest absolute Gasteiger partial charge is 0.433 e. The molecule has 1 unspecified atom stereocenters. The van der Waals surface area contributed by atoms with Crippen LogP contribution < -0.4 is 11.1 Å². The van der Waals surface area contributed by atoms with Crippen molar-refractivity contribution in [2.45, 2.75) is 25.1 Å². The van der Waals surface area contributed by atoms with Crippen LogP contribution in [0.15, 0.2) is 30.3 Å². The van der Waals surface area contributed by atoms with E-state index in [0.717, 1.165) is 29.2 Å². The summed E-state index contributed by atoms with van der Waals surface area (Å²) in [5, 5.41) is 3.49. The van der Waals surface area contributed by atoms with Crippen molar-refractivity contribution >= 4 is 32.5 Å². The summed E-state index contributed by atoms with van der Waals surface area (Å²) in [7, 11) is 0. The Labute approximate surface area is 157 Å². The maximum atomic E-state index is 13.1. The van der Waals surface area contributed by atoms with Crippen LogP contribution >= 0.6 is 11.3 Å².